The highest BCUT2D eigenvalue weighted by atomic mass is 19.1. The minimum absolute atomic E-state index is 0.00322. The molecule has 244 valence electrons. The third kappa shape index (κ3) is 6.94. The summed E-state index contributed by atoms with van der Waals surface area (Å²) >= 11 is 0. The SMILES string of the molecule is CCN(C(=O)c1cc(F)ccc1Oc1nncnc1N1CC2=C(CN(C(=O)C[C@H](N)Cc3cccc(-c4nn[nH]n4)c3)C2)C1)C(C)C. The Labute approximate surface area is 270 Å². The standard InChI is InChI=1S/C32H36FN11O3/c1-4-44(19(2)3)32(46)26-12-24(33)8-9-27(26)47-31-30(35-18-36-39-31)43-16-22-14-42(15-23(22)17-43)28(45)13-25(34)11-20-6-5-7-21(10-20)29-37-40-41-38-29/h5-10,12,18-19,25H,4,11,13-17,34H2,1-3H3,(H,37,38,40,41)/t25-/m1/s1. The molecule has 4 aromatic rings. The first-order chi connectivity index (χ1) is 22.7. The second-order valence-electron chi connectivity index (χ2n) is 11.9. The highest BCUT2D eigenvalue weighted by Crippen LogP contribution is 2.35. The average Bonchev–Trinajstić information content (AvgIpc) is 3.80. The monoisotopic (exact) mass is 641 g/mol. The van der Waals surface area contributed by atoms with Gasteiger partial charge in [0.2, 0.25) is 11.7 Å². The van der Waals surface area contributed by atoms with Gasteiger partial charge >= 0.3 is 0 Å². The molecular formula is C32H36FN11O3. The molecule has 0 spiro atoms. The van der Waals surface area contributed by atoms with E-state index in [9.17, 15) is 14.0 Å². The number of nitrogens with two attached hydrogens (primary N) is 1. The summed E-state index contributed by atoms with van der Waals surface area (Å²) in [5, 5.41) is 22.2. The molecule has 2 aliphatic heterocycles. The molecule has 2 aromatic carbocycles. The number of ether oxygens (including phenoxy) is 1. The molecule has 3 N–H and O–H groups in total. The fourth-order valence-corrected chi connectivity index (χ4v) is 6.06. The van der Waals surface area contributed by atoms with Gasteiger partial charge in [0.1, 0.15) is 17.9 Å². The summed E-state index contributed by atoms with van der Waals surface area (Å²) in [4.78, 5) is 36.4. The maximum atomic E-state index is 14.3. The molecule has 2 aliphatic rings. The largest absolute Gasteiger partial charge is 0.434 e. The Morgan fingerprint density at radius 1 is 1.09 bits per heavy atom. The Morgan fingerprint density at radius 2 is 1.87 bits per heavy atom. The molecule has 0 saturated heterocycles. The number of nitrogens with one attached hydrogen (secondary N) is 1. The zero-order valence-electron chi connectivity index (χ0n) is 26.4. The van der Waals surface area contributed by atoms with Gasteiger partial charge in [-0.3, -0.25) is 9.59 Å². The molecule has 0 bridgehead atoms. The Morgan fingerprint density at radius 3 is 2.57 bits per heavy atom. The van der Waals surface area contributed by atoms with E-state index >= 15 is 0 Å². The van der Waals surface area contributed by atoms with Crippen molar-refractivity contribution in [2.75, 3.05) is 37.6 Å². The first-order valence-electron chi connectivity index (χ1n) is 15.5. The molecular weight excluding hydrogens is 605 g/mol. The molecule has 14 nitrogen and oxygen atoms in total. The molecule has 0 aliphatic carbocycles. The lowest BCUT2D eigenvalue weighted by Gasteiger charge is -2.26. The van der Waals surface area contributed by atoms with E-state index in [1.165, 1.54) is 24.5 Å². The molecule has 0 fully saturated rings. The lowest BCUT2D eigenvalue weighted by molar-refractivity contribution is -0.130. The third-order valence-corrected chi connectivity index (χ3v) is 8.32. The number of halogens is 1. The Hall–Kier alpha value is -5.31. The zero-order valence-corrected chi connectivity index (χ0v) is 26.4. The number of aromatic amines is 1. The van der Waals surface area contributed by atoms with Crippen LogP contribution in [-0.2, 0) is 11.2 Å². The van der Waals surface area contributed by atoms with E-state index in [4.69, 9.17) is 10.5 Å². The number of amides is 2. The lowest BCUT2D eigenvalue weighted by atomic mass is 10.0. The van der Waals surface area contributed by atoms with Crippen LogP contribution in [0.1, 0.15) is 43.1 Å². The molecule has 6 rings (SSSR count). The number of nitrogens with zero attached hydrogens (tertiary/aromatic N) is 9. The van der Waals surface area contributed by atoms with Crippen molar-refractivity contribution >= 4 is 17.6 Å². The van der Waals surface area contributed by atoms with E-state index in [1.54, 1.807) is 4.90 Å². The number of anilines is 1. The summed E-state index contributed by atoms with van der Waals surface area (Å²) in [6.45, 7) is 8.16. The zero-order chi connectivity index (χ0) is 33.1. The molecule has 0 radical (unpaired) electrons. The summed E-state index contributed by atoms with van der Waals surface area (Å²) in [7, 11) is 0. The highest BCUT2D eigenvalue weighted by molar-refractivity contribution is 5.97. The average molecular weight is 642 g/mol. The fourth-order valence-electron chi connectivity index (χ4n) is 6.06. The van der Waals surface area contributed by atoms with E-state index in [1.807, 2.05) is 54.8 Å². The van der Waals surface area contributed by atoms with Crippen LogP contribution in [-0.4, -0.2) is 102 Å². The second-order valence-corrected chi connectivity index (χ2v) is 11.9. The van der Waals surface area contributed by atoms with E-state index < -0.39 is 5.82 Å². The number of tetrazole rings is 1. The molecule has 15 heteroatoms. The van der Waals surface area contributed by atoms with Crippen molar-refractivity contribution in [2.24, 2.45) is 5.73 Å². The van der Waals surface area contributed by atoms with E-state index in [0.717, 1.165) is 22.3 Å². The van der Waals surface area contributed by atoms with Crippen LogP contribution in [0.4, 0.5) is 10.2 Å². The highest BCUT2D eigenvalue weighted by Gasteiger charge is 2.35. The van der Waals surface area contributed by atoms with E-state index in [-0.39, 0.29) is 47.5 Å². The van der Waals surface area contributed by atoms with Gasteiger partial charge in [0, 0.05) is 56.8 Å². The predicted molar refractivity (Wildman–Crippen MR) is 170 cm³/mol. The number of aromatic nitrogens is 7. The summed E-state index contributed by atoms with van der Waals surface area (Å²) < 4.78 is 20.4. The number of hydrogen-bond donors (Lipinski definition) is 2. The van der Waals surface area contributed by atoms with Gasteiger partial charge in [0.05, 0.1) is 5.56 Å². The molecule has 2 amide bonds. The van der Waals surface area contributed by atoms with Crippen molar-refractivity contribution in [3.8, 4) is 23.0 Å². The van der Waals surface area contributed by atoms with Gasteiger partial charge in [-0.2, -0.15) is 5.21 Å². The summed E-state index contributed by atoms with van der Waals surface area (Å²) in [6, 6.07) is 11.1. The van der Waals surface area contributed by atoms with Crippen LogP contribution in [0.5, 0.6) is 11.6 Å². The number of carbonyl (C=O) groups excluding carboxylic acids is 2. The number of H-pyrrole nitrogens is 1. The van der Waals surface area contributed by atoms with Crippen molar-refractivity contribution < 1.29 is 18.7 Å². The summed E-state index contributed by atoms with van der Waals surface area (Å²) in [6.07, 6.45) is 2.08. The first kappa shape index (κ1) is 31.7. The van der Waals surface area contributed by atoms with Crippen LogP contribution in [0.2, 0.25) is 0 Å². The van der Waals surface area contributed by atoms with Crippen molar-refractivity contribution in [1.29, 1.82) is 0 Å². The van der Waals surface area contributed by atoms with Gasteiger partial charge in [0.15, 0.2) is 5.82 Å². The third-order valence-electron chi connectivity index (χ3n) is 8.32. The molecule has 0 saturated carbocycles. The van der Waals surface area contributed by atoms with Gasteiger partial charge in [-0.05, 0) is 73.4 Å². The topological polar surface area (TPSA) is 172 Å². The van der Waals surface area contributed by atoms with Crippen LogP contribution in [0.15, 0.2) is 59.9 Å². The van der Waals surface area contributed by atoms with Crippen molar-refractivity contribution in [1.82, 2.24) is 45.6 Å². The number of benzene rings is 2. The van der Waals surface area contributed by atoms with Crippen LogP contribution < -0.4 is 15.4 Å². The predicted octanol–water partition coefficient (Wildman–Crippen LogP) is 2.77. The second kappa shape index (κ2) is 13.6. The normalized spacial score (nSPS) is 14.9. The Bertz CT molecular complexity index is 1780. The van der Waals surface area contributed by atoms with E-state index in [2.05, 4.69) is 35.8 Å². The van der Waals surface area contributed by atoms with Gasteiger partial charge < -0.3 is 25.2 Å². The van der Waals surface area contributed by atoms with Crippen molar-refractivity contribution in [2.45, 2.75) is 45.7 Å². The molecule has 1 atom stereocenters. The van der Waals surface area contributed by atoms with Crippen LogP contribution in [0.25, 0.3) is 11.4 Å². The molecule has 47 heavy (non-hydrogen) atoms. The van der Waals surface area contributed by atoms with Crippen LogP contribution in [0, 0.1) is 5.82 Å². The van der Waals surface area contributed by atoms with Crippen molar-refractivity contribution in [3.05, 3.63) is 76.9 Å². The maximum absolute atomic E-state index is 14.3. The van der Waals surface area contributed by atoms with Gasteiger partial charge in [-0.15, -0.1) is 20.4 Å². The van der Waals surface area contributed by atoms with Gasteiger partial charge in [-0.25, -0.2) is 9.37 Å². The van der Waals surface area contributed by atoms with Crippen LogP contribution in [0.3, 0.4) is 0 Å². The lowest BCUT2D eigenvalue weighted by Crippen LogP contribution is -2.38. The van der Waals surface area contributed by atoms with E-state index in [0.29, 0.717) is 50.8 Å². The number of rotatable bonds is 11. The first-order valence-corrected chi connectivity index (χ1v) is 15.5. The minimum Gasteiger partial charge on any atom is -0.434 e. The van der Waals surface area contributed by atoms with Crippen LogP contribution >= 0.6 is 0 Å². The fraction of sp³-hybridized carbons (Fsp3) is 0.375. The van der Waals surface area contributed by atoms with Gasteiger partial charge in [-0.1, -0.05) is 18.2 Å². The number of carbonyl (C=O) groups is 2. The van der Waals surface area contributed by atoms with Gasteiger partial charge in [0.25, 0.3) is 11.8 Å². The quantitative estimate of drug-likeness (QED) is 0.231. The Balaban J connectivity index is 1.08. The summed E-state index contributed by atoms with van der Waals surface area (Å²) in [5.74, 6) is 0.303. The summed E-state index contributed by atoms with van der Waals surface area (Å²) in [5.41, 5.74) is 10.6. The smallest absolute Gasteiger partial charge is 0.282 e. The van der Waals surface area contributed by atoms with Crippen molar-refractivity contribution in [3.63, 3.8) is 0 Å². The Kier molecular flexibility index (Phi) is 9.15. The molecule has 4 heterocycles. The number of hydrogen-bond acceptors (Lipinski definition) is 11. The molecule has 2 aromatic heterocycles. The maximum Gasteiger partial charge on any atom is 0.282 e. The molecule has 0 unspecified atom stereocenters. The minimum atomic E-state index is -0.548.